The summed E-state index contributed by atoms with van der Waals surface area (Å²) in [5.41, 5.74) is 3.35. The second kappa shape index (κ2) is 13.0. The van der Waals surface area contributed by atoms with Crippen molar-refractivity contribution in [3.63, 3.8) is 0 Å². The lowest BCUT2D eigenvalue weighted by Gasteiger charge is -2.14. The fourth-order valence-corrected chi connectivity index (χ4v) is 3.49. The third kappa shape index (κ3) is 7.46. The molecule has 0 amide bonds. The Morgan fingerprint density at radius 2 is 1.88 bits per heavy atom. The Kier molecular flexibility index (Phi) is 10.4. The van der Waals surface area contributed by atoms with E-state index in [2.05, 4.69) is 42.3 Å². The van der Waals surface area contributed by atoms with Crippen LogP contribution in [0.3, 0.4) is 0 Å². The second-order valence-electron chi connectivity index (χ2n) is 7.45. The van der Waals surface area contributed by atoms with E-state index in [9.17, 15) is 14.9 Å². The summed E-state index contributed by atoms with van der Waals surface area (Å²) in [5.74, 6) is -0.100. The van der Waals surface area contributed by atoms with Gasteiger partial charge in [0.05, 0.1) is 11.5 Å². The van der Waals surface area contributed by atoms with Gasteiger partial charge >= 0.3 is 5.97 Å². The van der Waals surface area contributed by atoms with Crippen LogP contribution < -0.4 is 0 Å². The zero-order valence-electron chi connectivity index (χ0n) is 18.8. The molecule has 1 aromatic heterocycles. The molecule has 0 spiro atoms. The summed E-state index contributed by atoms with van der Waals surface area (Å²) in [4.78, 5) is 23.4. The molecule has 3 rings (SSSR count). The van der Waals surface area contributed by atoms with Gasteiger partial charge in [-0.1, -0.05) is 46.3 Å². The van der Waals surface area contributed by atoms with Gasteiger partial charge in [0, 0.05) is 53.6 Å². The third-order valence-corrected chi connectivity index (χ3v) is 5.32. The van der Waals surface area contributed by atoms with Gasteiger partial charge in [0.15, 0.2) is 0 Å². The molecule has 0 fully saturated rings. The van der Waals surface area contributed by atoms with E-state index in [1.165, 1.54) is 0 Å². The van der Waals surface area contributed by atoms with E-state index in [-0.39, 0.29) is 16.6 Å². The first kappa shape index (κ1) is 25.5. The summed E-state index contributed by atoms with van der Waals surface area (Å²) in [6.45, 7) is 4.03. The minimum atomic E-state index is -0.348. The van der Waals surface area contributed by atoms with Gasteiger partial charge in [-0.05, 0) is 45.1 Å². The average molecular weight is 504 g/mol. The van der Waals surface area contributed by atoms with Gasteiger partial charge in [0.25, 0.3) is 5.69 Å². The molecular formula is C24H30BrN3O4. The maximum atomic E-state index is 11.0. The molecule has 3 aromatic rings. The second-order valence-corrected chi connectivity index (χ2v) is 8.24. The summed E-state index contributed by atoms with van der Waals surface area (Å²) in [6, 6.07) is 17.2. The number of esters is 1. The molecular weight excluding hydrogens is 474 g/mol. The molecule has 0 bridgehead atoms. The van der Waals surface area contributed by atoms with Crippen LogP contribution in [0.1, 0.15) is 19.8 Å². The van der Waals surface area contributed by atoms with E-state index < -0.39 is 0 Å². The summed E-state index contributed by atoms with van der Waals surface area (Å²) in [6.07, 6.45) is 1.39. The quantitative estimate of drug-likeness (QED) is 0.166. The van der Waals surface area contributed by atoms with E-state index in [1.807, 2.05) is 51.4 Å². The van der Waals surface area contributed by atoms with Crippen molar-refractivity contribution in [3.8, 4) is 11.3 Å². The molecule has 0 saturated carbocycles. The highest BCUT2D eigenvalue weighted by atomic mass is 79.9. The Labute approximate surface area is 197 Å². The summed E-state index contributed by atoms with van der Waals surface area (Å²) in [7, 11) is 4.08. The lowest BCUT2D eigenvalue weighted by Crippen LogP contribution is -2.18. The number of halogens is 1. The smallest absolute Gasteiger partial charge is 0.305 e. The predicted molar refractivity (Wildman–Crippen MR) is 132 cm³/mol. The van der Waals surface area contributed by atoms with Gasteiger partial charge in [-0.25, -0.2) is 0 Å². The Hall–Kier alpha value is -2.71. The third-order valence-electron chi connectivity index (χ3n) is 4.76. The average Bonchev–Trinajstić information content (AvgIpc) is 3.15. The number of nitrogens with zero attached hydrogens (tertiary/aromatic N) is 3. The fraction of sp³-hybridized carbons (Fsp3) is 0.375. The van der Waals surface area contributed by atoms with Crippen LogP contribution in [0.25, 0.3) is 22.2 Å². The van der Waals surface area contributed by atoms with Crippen molar-refractivity contribution in [3.05, 3.63) is 64.7 Å². The first-order chi connectivity index (χ1) is 15.4. The molecule has 0 atom stereocenters. The largest absolute Gasteiger partial charge is 0.466 e. The molecule has 2 aromatic carbocycles. The number of rotatable bonds is 9. The van der Waals surface area contributed by atoms with Gasteiger partial charge in [-0.3, -0.25) is 14.9 Å². The van der Waals surface area contributed by atoms with E-state index in [4.69, 9.17) is 0 Å². The molecule has 32 heavy (non-hydrogen) atoms. The Morgan fingerprint density at radius 3 is 2.47 bits per heavy atom. The number of carbonyl (C=O) groups is 1. The Balaban J connectivity index is 0.000000344. The number of nitro benzene ring substituents is 1. The summed E-state index contributed by atoms with van der Waals surface area (Å²) in [5, 5.41) is 12.8. The monoisotopic (exact) mass is 503 g/mol. The van der Waals surface area contributed by atoms with Crippen molar-refractivity contribution in [2.75, 3.05) is 32.6 Å². The van der Waals surface area contributed by atoms with Crippen molar-refractivity contribution in [2.45, 2.75) is 26.3 Å². The lowest BCUT2D eigenvalue weighted by atomic mass is 10.1. The Bertz CT molecular complexity index is 1020. The molecule has 0 saturated heterocycles. The van der Waals surface area contributed by atoms with Crippen molar-refractivity contribution < 1.29 is 14.5 Å². The number of nitro groups is 1. The van der Waals surface area contributed by atoms with Crippen LogP contribution in [-0.2, 0) is 16.1 Å². The van der Waals surface area contributed by atoms with Crippen LogP contribution in [-0.4, -0.2) is 52.9 Å². The highest BCUT2D eigenvalue weighted by Crippen LogP contribution is 2.30. The minimum Gasteiger partial charge on any atom is -0.466 e. The molecule has 0 radical (unpaired) electrons. The SMILES string of the molecule is CCOC(=O)CCCBr.CN(C)CCn1c(-c2ccccc2)cc2cc([N+](=O)[O-])ccc21. The number of aromatic nitrogens is 1. The molecule has 0 aliphatic carbocycles. The first-order valence-electron chi connectivity index (χ1n) is 10.6. The van der Waals surface area contributed by atoms with E-state index in [0.29, 0.717) is 13.0 Å². The minimum absolute atomic E-state index is 0.100. The number of fused-ring (bicyclic) bond motifs is 1. The van der Waals surface area contributed by atoms with Crippen molar-refractivity contribution in [2.24, 2.45) is 0 Å². The van der Waals surface area contributed by atoms with Gasteiger partial charge < -0.3 is 14.2 Å². The van der Waals surface area contributed by atoms with E-state index >= 15 is 0 Å². The summed E-state index contributed by atoms with van der Waals surface area (Å²) < 4.78 is 6.91. The number of benzene rings is 2. The molecule has 0 N–H and O–H groups in total. The van der Waals surface area contributed by atoms with Crippen LogP contribution >= 0.6 is 15.9 Å². The van der Waals surface area contributed by atoms with Gasteiger partial charge in [-0.2, -0.15) is 0 Å². The topological polar surface area (TPSA) is 77.6 Å². The highest BCUT2D eigenvalue weighted by molar-refractivity contribution is 9.09. The molecule has 0 unspecified atom stereocenters. The van der Waals surface area contributed by atoms with Gasteiger partial charge in [-0.15, -0.1) is 0 Å². The number of hydrogen-bond donors (Lipinski definition) is 0. The molecule has 0 aliphatic rings. The molecule has 0 aliphatic heterocycles. The van der Waals surface area contributed by atoms with Crippen LogP contribution in [0.4, 0.5) is 5.69 Å². The highest BCUT2D eigenvalue weighted by Gasteiger charge is 2.14. The van der Waals surface area contributed by atoms with Crippen molar-refractivity contribution in [1.82, 2.24) is 9.47 Å². The number of likely N-dealkylation sites (N-methyl/N-ethyl adjacent to an activating group) is 1. The van der Waals surface area contributed by atoms with Crippen molar-refractivity contribution >= 4 is 38.5 Å². The number of ether oxygens (including phenoxy) is 1. The van der Waals surface area contributed by atoms with Gasteiger partial charge in [0.1, 0.15) is 0 Å². The zero-order chi connectivity index (χ0) is 23.5. The normalized spacial score (nSPS) is 10.7. The van der Waals surface area contributed by atoms with E-state index in [1.54, 1.807) is 12.1 Å². The number of hydrogen-bond acceptors (Lipinski definition) is 5. The molecule has 1 heterocycles. The zero-order valence-corrected chi connectivity index (χ0v) is 20.4. The lowest BCUT2D eigenvalue weighted by molar-refractivity contribution is -0.384. The van der Waals surface area contributed by atoms with Crippen LogP contribution in [0.5, 0.6) is 0 Å². The number of carbonyl (C=O) groups excluding carboxylic acids is 1. The van der Waals surface area contributed by atoms with Crippen LogP contribution in [0.2, 0.25) is 0 Å². The molecule has 7 nitrogen and oxygen atoms in total. The standard InChI is InChI=1S/C18H19N3O2.C6H11BrO2/c1-19(2)10-11-20-17-9-8-16(21(22)23)12-15(17)13-18(20)14-6-4-3-5-7-14;1-2-9-6(8)4-3-5-7/h3-9,12-13H,10-11H2,1-2H3;2-5H2,1H3. The Morgan fingerprint density at radius 1 is 1.16 bits per heavy atom. The van der Waals surface area contributed by atoms with E-state index in [0.717, 1.165) is 47.0 Å². The maximum Gasteiger partial charge on any atom is 0.305 e. The molecule has 172 valence electrons. The van der Waals surface area contributed by atoms with Gasteiger partial charge in [0.2, 0.25) is 0 Å². The van der Waals surface area contributed by atoms with Crippen LogP contribution in [0.15, 0.2) is 54.6 Å². The fourth-order valence-electron chi connectivity index (χ4n) is 3.21. The van der Waals surface area contributed by atoms with Crippen molar-refractivity contribution in [1.29, 1.82) is 0 Å². The predicted octanol–water partition coefficient (Wildman–Crippen LogP) is 5.50. The van der Waals surface area contributed by atoms with Crippen LogP contribution in [0, 0.1) is 10.1 Å². The first-order valence-corrected chi connectivity index (χ1v) is 11.7. The maximum absolute atomic E-state index is 11.0. The summed E-state index contributed by atoms with van der Waals surface area (Å²) >= 11 is 3.22. The molecule has 8 heteroatoms. The number of non-ortho nitro benzene ring substituents is 1. The number of alkyl halides is 1.